The largest absolute Gasteiger partial charge is 0.480 e. The van der Waals surface area contributed by atoms with E-state index in [2.05, 4.69) is 31.6 Å². The van der Waals surface area contributed by atoms with Gasteiger partial charge in [-0.2, -0.15) is 11.8 Å². The van der Waals surface area contributed by atoms with Gasteiger partial charge in [-0.25, -0.2) is 4.79 Å². The Morgan fingerprint density at radius 1 is 0.811 bits per heavy atom. The fraction of sp³-hybridized carbons (Fsp3) is 0.733. The summed E-state index contributed by atoms with van der Waals surface area (Å²) in [5.74, 6) is -6.74. The summed E-state index contributed by atoms with van der Waals surface area (Å²) >= 11 is 1.35. The van der Waals surface area contributed by atoms with Gasteiger partial charge in [-0.05, 0) is 58.0 Å². The number of amides is 6. The third-order valence-electron chi connectivity index (χ3n) is 8.14. The van der Waals surface area contributed by atoms with Crippen LogP contribution >= 0.6 is 11.8 Å². The van der Waals surface area contributed by atoms with Gasteiger partial charge in [0.25, 0.3) is 0 Å². The van der Waals surface area contributed by atoms with Crippen molar-refractivity contribution in [1.82, 2.24) is 31.5 Å². The summed E-state index contributed by atoms with van der Waals surface area (Å²) in [6, 6.07) is -10.1. The van der Waals surface area contributed by atoms with E-state index >= 15 is 0 Å². The Kier molecular flexibility index (Phi) is 20.6. The van der Waals surface area contributed by atoms with Gasteiger partial charge in [0, 0.05) is 13.1 Å². The van der Waals surface area contributed by atoms with Crippen LogP contribution in [0.25, 0.3) is 0 Å². The molecule has 22 nitrogen and oxygen atoms in total. The van der Waals surface area contributed by atoms with E-state index in [0.29, 0.717) is 12.2 Å². The van der Waals surface area contributed by atoms with Gasteiger partial charge in [-0.3, -0.25) is 33.8 Å². The molecule has 302 valence electrons. The van der Waals surface area contributed by atoms with Crippen molar-refractivity contribution in [3.63, 3.8) is 0 Å². The van der Waals surface area contributed by atoms with Crippen molar-refractivity contribution in [2.75, 3.05) is 38.3 Å². The van der Waals surface area contributed by atoms with E-state index in [9.17, 15) is 59.1 Å². The Labute approximate surface area is 310 Å². The average Bonchev–Trinajstić information content (AvgIpc) is 3.60. The van der Waals surface area contributed by atoms with Crippen LogP contribution in [-0.4, -0.2) is 171 Å². The number of carbonyl (C=O) groups excluding carboxylic acids is 6. The van der Waals surface area contributed by atoms with Crippen molar-refractivity contribution >= 4 is 59.1 Å². The second-order valence-corrected chi connectivity index (χ2v) is 13.3. The SMILES string of the molecule is CSCC[C@H](NC(=O)[C@@H](NC(=O)[C@H](CO)NC(=O)[C@@H](N)[C@@H](C)O)[C@@H](C)O)C(=O)N1CCC[C@H]1C(=O)N[C@@H](CO)C(=O)N[C@@H](CCCN=C(N)N)C(=O)O. The summed E-state index contributed by atoms with van der Waals surface area (Å²) in [6.45, 7) is 0.781. The number of nitrogens with zero attached hydrogens (tertiary/aromatic N) is 2. The lowest BCUT2D eigenvalue weighted by Gasteiger charge is -2.31. The summed E-state index contributed by atoms with van der Waals surface area (Å²) < 4.78 is 0. The molecule has 0 aromatic carbocycles. The number of thioether (sulfide) groups is 1. The number of nitrogens with two attached hydrogens (primary N) is 3. The molecule has 0 saturated carbocycles. The first-order chi connectivity index (χ1) is 24.9. The number of rotatable bonds is 23. The van der Waals surface area contributed by atoms with Crippen LogP contribution in [0.2, 0.25) is 0 Å². The molecular formula is C30H54N10O12S. The van der Waals surface area contributed by atoms with Crippen LogP contribution in [-0.2, 0) is 33.6 Å². The van der Waals surface area contributed by atoms with Crippen LogP contribution < -0.4 is 43.8 Å². The molecule has 1 saturated heterocycles. The van der Waals surface area contributed by atoms with Gasteiger partial charge in [0.1, 0.15) is 42.3 Å². The number of carbonyl (C=O) groups is 7. The Bertz CT molecular complexity index is 1300. The summed E-state index contributed by atoms with van der Waals surface area (Å²) in [7, 11) is 0. The van der Waals surface area contributed by atoms with Crippen LogP contribution in [0.1, 0.15) is 46.0 Å². The van der Waals surface area contributed by atoms with Gasteiger partial charge in [-0.15, -0.1) is 0 Å². The van der Waals surface area contributed by atoms with Gasteiger partial charge in [0.05, 0.1) is 25.4 Å². The first-order valence-corrected chi connectivity index (χ1v) is 18.2. The molecule has 1 aliphatic rings. The van der Waals surface area contributed by atoms with Gasteiger partial charge >= 0.3 is 5.97 Å². The minimum atomic E-state index is -1.67. The predicted molar refractivity (Wildman–Crippen MR) is 190 cm³/mol. The molecule has 0 aliphatic carbocycles. The Hall–Kier alpha value is -4.29. The maximum Gasteiger partial charge on any atom is 0.326 e. The van der Waals surface area contributed by atoms with Crippen molar-refractivity contribution in [3.8, 4) is 0 Å². The summed E-state index contributed by atoms with van der Waals surface area (Å²) in [6.07, 6.45) is -0.348. The number of hydrogen-bond acceptors (Lipinski definition) is 14. The predicted octanol–water partition coefficient (Wildman–Crippen LogP) is -6.63. The van der Waals surface area contributed by atoms with Crippen molar-refractivity contribution in [3.05, 3.63) is 0 Å². The van der Waals surface area contributed by atoms with Crippen LogP contribution in [0, 0.1) is 0 Å². The molecule has 1 aliphatic heterocycles. The zero-order valence-corrected chi connectivity index (χ0v) is 30.7. The molecule has 0 spiro atoms. The van der Waals surface area contributed by atoms with E-state index < -0.39 is 109 Å². The summed E-state index contributed by atoms with van der Waals surface area (Å²) in [4.78, 5) is 95.2. The molecule has 9 atom stereocenters. The zero-order valence-electron chi connectivity index (χ0n) is 29.9. The number of carboxylic acids is 1. The molecule has 1 heterocycles. The molecule has 16 N–H and O–H groups in total. The number of hydrogen-bond donors (Lipinski definition) is 13. The standard InChI is InChI=1S/C30H54N10O12S/c1-14(43)21(31)26(48)38-19(13-42)24(46)39-22(15(2)44)27(49)35-16(8-11-53-3)28(50)40-10-5-7-20(40)25(47)37-18(12-41)23(45)36-17(29(51)52)6-4-9-34-30(32)33/h14-22,41-44H,4-13,31H2,1-3H3,(H,35,49)(H,36,45)(H,37,47)(H,38,48)(H,39,46)(H,51,52)(H4,32,33,34)/t14-,15-,16+,17+,18+,19+,20+,21+,22+/m1/s1. The molecular weight excluding hydrogens is 724 g/mol. The van der Waals surface area contributed by atoms with Crippen LogP contribution in [0.3, 0.4) is 0 Å². The van der Waals surface area contributed by atoms with Crippen LogP contribution in [0.5, 0.6) is 0 Å². The first-order valence-electron chi connectivity index (χ1n) is 16.8. The van der Waals surface area contributed by atoms with Crippen molar-refractivity contribution < 1.29 is 59.1 Å². The van der Waals surface area contributed by atoms with Gasteiger partial charge in [-0.1, -0.05) is 0 Å². The lowest BCUT2D eigenvalue weighted by molar-refractivity contribution is -0.144. The zero-order chi connectivity index (χ0) is 40.4. The minimum Gasteiger partial charge on any atom is -0.480 e. The number of aliphatic carboxylic acids is 1. The molecule has 6 amide bonds. The van der Waals surface area contributed by atoms with Crippen molar-refractivity contribution in [2.24, 2.45) is 22.2 Å². The maximum absolute atomic E-state index is 13.8. The van der Waals surface area contributed by atoms with E-state index in [4.69, 9.17) is 17.2 Å². The van der Waals surface area contributed by atoms with Crippen molar-refractivity contribution in [1.29, 1.82) is 0 Å². The van der Waals surface area contributed by atoms with Crippen LogP contribution in [0.4, 0.5) is 0 Å². The molecule has 53 heavy (non-hydrogen) atoms. The van der Waals surface area contributed by atoms with E-state index in [-0.39, 0.29) is 44.7 Å². The molecule has 0 aromatic rings. The quantitative estimate of drug-likeness (QED) is 0.0260. The number of guanidine groups is 1. The fourth-order valence-corrected chi connectivity index (χ4v) is 5.56. The molecule has 0 aromatic heterocycles. The third kappa shape index (κ3) is 15.3. The lowest BCUT2D eigenvalue weighted by Crippen LogP contribution is -2.62. The number of aliphatic hydroxyl groups excluding tert-OH is 4. The van der Waals surface area contributed by atoms with E-state index in [0.717, 1.165) is 0 Å². The highest BCUT2D eigenvalue weighted by molar-refractivity contribution is 7.98. The van der Waals surface area contributed by atoms with Gasteiger partial charge in [0.2, 0.25) is 35.4 Å². The normalized spacial score (nSPS) is 18.5. The summed E-state index contributed by atoms with van der Waals surface area (Å²) in [5.41, 5.74) is 16.1. The third-order valence-corrected chi connectivity index (χ3v) is 8.78. The maximum atomic E-state index is 13.8. The smallest absolute Gasteiger partial charge is 0.326 e. The van der Waals surface area contributed by atoms with E-state index in [1.54, 1.807) is 6.26 Å². The van der Waals surface area contributed by atoms with Crippen molar-refractivity contribution in [2.45, 2.75) is 100 Å². The first kappa shape index (κ1) is 46.7. The van der Waals surface area contributed by atoms with Gasteiger partial charge in [0.15, 0.2) is 5.96 Å². The molecule has 23 heteroatoms. The highest BCUT2D eigenvalue weighted by Crippen LogP contribution is 2.20. The highest BCUT2D eigenvalue weighted by atomic mass is 32.2. The molecule has 1 rings (SSSR count). The monoisotopic (exact) mass is 778 g/mol. The van der Waals surface area contributed by atoms with E-state index in [1.165, 1.54) is 30.5 Å². The fourth-order valence-electron chi connectivity index (χ4n) is 5.09. The van der Waals surface area contributed by atoms with Crippen LogP contribution in [0.15, 0.2) is 4.99 Å². The number of aliphatic imine (C=N–C) groups is 1. The number of carboxylic acid groups (broad SMARTS) is 1. The molecule has 1 fully saturated rings. The lowest BCUT2D eigenvalue weighted by atomic mass is 10.1. The van der Waals surface area contributed by atoms with Gasteiger partial charge < -0.3 is 74.2 Å². The topological polar surface area (TPSA) is 374 Å². The molecule has 0 bridgehead atoms. The minimum absolute atomic E-state index is 0.0606. The number of nitrogens with one attached hydrogen (secondary N) is 5. The van der Waals surface area contributed by atoms with E-state index in [1.807, 2.05) is 0 Å². The number of aliphatic hydroxyl groups is 4. The number of likely N-dealkylation sites (tertiary alicyclic amines) is 1. The highest BCUT2D eigenvalue weighted by Gasteiger charge is 2.40. The Balaban J connectivity index is 3.08. The average molecular weight is 779 g/mol. The summed E-state index contributed by atoms with van der Waals surface area (Å²) in [5, 5.41) is 60.5. The second-order valence-electron chi connectivity index (χ2n) is 12.4. The Morgan fingerprint density at radius 2 is 1.38 bits per heavy atom. The second kappa shape index (κ2) is 23.4. The molecule has 0 unspecified atom stereocenters. The molecule has 0 radical (unpaired) electrons. The Morgan fingerprint density at radius 3 is 1.91 bits per heavy atom.